The Morgan fingerprint density at radius 2 is 0.754 bits per heavy atom. The molecule has 4 atom stereocenters. The van der Waals surface area contributed by atoms with Crippen LogP contribution in [0.5, 0.6) is 0 Å². The zero-order valence-electron chi connectivity index (χ0n) is 46.0. The summed E-state index contributed by atoms with van der Waals surface area (Å²) in [5.74, 6) is 0. The van der Waals surface area contributed by atoms with Crippen molar-refractivity contribution in [2.75, 3.05) is 12.5 Å². The summed E-state index contributed by atoms with van der Waals surface area (Å²) in [5.41, 5.74) is 23.9. The van der Waals surface area contributed by atoms with Crippen molar-refractivity contribution in [3.8, 4) is 0 Å². The molecule has 0 aromatic heterocycles. The molecule has 2 aromatic rings. The maximum atomic E-state index is 6.67. The first kappa shape index (κ1) is 55.3. The van der Waals surface area contributed by atoms with Gasteiger partial charge in [-0.25, -0.2) is 0 Å². The minimum absolute atomic E-state index is 0.112. The van der Waals surface area contributed by atoms with Gasteiger partial charge < -0.3 is 9.47 Å². The fourth-order valence-corrected chi connectivity index (χ4v) is 25.3. The lowest BCUT2D eigenvalue weighted by Gasteiger charge is -2.44. The second kappa shape index (κ2) is 22.4. The van der Waals surface area contributed by atoms with E-state index in [1.807, 2.05) is 0 Å². The van der Waals surface area contributed by atoms with Crippen molar-refractivity contribution in [1.82, 2.24) is 0 Å². The van der Waals surface area contributed by atoms with Crippen LogP contribution in [-0.4, -0.2) is 57.4 Å². The van der Waals surface area contributed by atoms with Gasteiger partial charge in [-0.15, -0.1) is 0 Å². The molecule has 2 aromatic carbocycles. The van der Waals surface area contributed by atoms with Crippen molar-refractivity contribution in [2.24, 2.45) is 0 Å². The van der Waals surface area contributed by atoms with E-state index in [-0.39, 0.29) is 11.2 Å². The molecule has 0 aliphatic heterocycles. The van der Waals surface area contributed by atoms with Crippen LogP contribution in [0.15, 0.2) is 104 Å². The molecule has 0 spiro atoms. The van der Waals surface area contributed by atoms with E-state index in [0.29, 0.717) is 22.2 Å². The first-order valence-electron chi connectivity index (χ1n) is 25.7. The predicted octanol–water partition coefficient (Wildman–Crippen LogP) is 17.6. The second-order valence-corrected chi connectivity index (χ2v) is 39.7. The molecule has 0 heterocycles. The summed E-state index contributed by atoms with van der Waals surface area (Å²) < 4.78 is 13.3. The summed E-state index contributed by atoms with van der Waals surface area (Å²) in [7, 11) is -5.15. The number of benzene rings is 2. The monoisotopic (exact) mass is 949 g/mol. The van der Waals surface area contributed by atoms with Crippen LogP contribution >= 0.6 is 0 Å². The lowest BCUT2D eigenvalue weighted by molar-refractivity contribution is 0.0208. The smallest absolute Gasteiger partial charge is 0.103 e. The Hall–Kier alpha value is -2.33. The Bertz CT molecular complexity index is 1980. The van der Waals surface area contributed by atoms with Gasteiger partial charge in [-0.05, 0) is 165 Å². The van der Waals surface area contributed by atoms with Crippen LogP contribution in [0.3, 0.4) is 0 Å². The lowest BCUT2D eigenvalue weighted by atomic mass is 10.1. The standard InChI is InChI=1S/2C28H44OSi2.C3H8/c2*1-19-20(2)22(4)26(21(19)3)31(10,18-29-28(5,6)7)27-24(15-16-30(8)9)17-23-13-11-12-14-25(23)27;1-3-2/h2*11-14,17,26-27,30H,15-16,18H2,1-10H3;3H2,1-2H3. The molecule has 0 N–H and O–H groups in total. The number of allylic oxidation sites excluding steroid dienone is 10. The van der Waals surface area contributed by atoms with E-state index >= 15 is 0 Å². The fraction of sp³-hybridized carbons (Fsp3) is 0.593. The molecule has 4 aliphatic rings. The Balaban J connectivity index is 0.000000268. The number of rotatable bonds is 14. The summed E-state index contributed by atoms with van der Waals surface area (Å²) in [4.78, 5) is 0. The van der Waals surface area contributed by atoms with Crippen LogP contribution in [0.4, 0.5) is 0 Å². The van der Waals surface area contributed by atoms with Crippen LogP contribution < -0.4 is 0 Å². The zero-order chi connectivity index (χ0) is 49.0. The van der Waals surface area contributed by atoms with Gasteiger partial charge in [0.2, 0.25) is 0 Å². The highest BCUT2D eigenvalue weighted by molar-refractivity contribution is 6.84. The summed E-state index contributed by atoms with van der Waals surface area (Å²) >= 11 is 0. The highest BCUT2D eigenvalue weighted by Gasteiger charge is 2.53. The normalized spacial score (nSPS) is 21.0. The molecular formula is C59H96O2Si4. The Labute approximate surface area is 406 Å². The van der Waals surface area contributed by atoms with E-state index in [9.17, 15) is 0 Å². The molecule has 4 aliphatic carbocycles. The van der Waals surface area contributed by atoms with E-state index in [1.54, 1.807) is 44.6 Å². The molecule has 0 fully saturated rings. The highest BCUT2D eigenvalue weighted by Crippen LogP contribution is 2.57. The van der Waals surface area contributed by atoms with Gasteiger partial charge >= 0.3 is 0 Å². The summed E-state index contributed by atoms with van der Waals surface area (Å²) in [5, 5.41) is 0. The van der Waals surface area contributed by atoms with Crippen molar-refractivity contribution in [1.29, 1.82) is 0 Å². The third kappa shape index (κ3) is 12.7. The molecule has 0 saturated heterocycles. The third-order valence-corrected chi connectivity index (χ3v) is 28.3. The van der Waals surface area contributed by atoms with Gasteiger partial charge in [0.1, 0.15) is 16.1 Å². The lowest BCUT2D eigenvalue weighted by Crippen LogP contribution is -2.50. The minimum atomic E-state index is -1.98. The van der Waals surface area contributed by atoms with Gasteiger partial charge in [0.15, 0.2) is 0 Å². The van der Waals surface area contributed by atoms with E-state index < -0.39 is 33.7 Å². The van der Waals surface area contributed by atoms with E-state index in [0.717, 1.165) is 12.5 Å². The molecule has 0 bridgehead atoms. The Morgan fingerprint density at radius 1 is 0.477 bits per heavy atom. The minimum Gasteiger partial charge on any atom is -0.379 e. The molecule has 6 rings (SSSR count). The van der Waals surface area contributed by atoms with Crippen LogP contribution in [-0.2, 0) is 9.47 Å². The van der Waals surface area contributed by atoms with Crippen molar-refractivity contribution >= 4 is 45.9 Å². The fourth-order valence-electron chi connectivity index (χ4n) is 11.8. The molecule has 360 valence electrons. The van der Waals surface area contributed by atoms with Gasteiger partial charge in [-0.3, -0.25) is 0 Å². The zero-order valence-corrected chi connectivity index (χ0v) is 50.3. The first-order valence-corrected chi connectivity index (χ1v) is 37.7. The largest absolute Gasteiger partial charge is 0.379 e. The topological polar surface area (TPSA) is 18.5 Å². The average Bonchev–Trinajstić information content (AvgIpc) is 3.91. The Morgan fingerprint density at radius 3 is 1.02 bits per heavy atom. The molecule has 2 nitrogen and oxygen atoms in total. The average molecular weight is 950 g/mol. The SMILES string of the molecule is CC1=C(C)C([Si](C)(COC(C)(C)C)C2C(CC[SiH](C)C)=Cc3ccccc32)C(C)=C1C.CC1=C(C)C([Si](C)(COC(C)(C)C)C2C(CC[SiH](C)C)=Cc3ccccc32)C(C)=C1C.CCC. The Kier molecular flexibility index (Phi) is 19.0. The van der Waals surface area contributed by atoms with Crippen LogP contribution in [0.1, 0.15) is 163 Å². The van der Waals surface area contributed by atoms with Gasteiger partial charge in [0, 0.05) is 41.1 Å². The quantitative estimate of drug-likeness (QED) is 0.176. The number of hydrogen-bond donors (Lipinski definition) is 0. The van der Waals surface area contributed by atoms with Gasteiger partial charge in [0.25, 0.3) is 0 Å². The van der Waals surface area contributed by atoms with Crippen molar-refractivity contribution < 1.29 is 9.47 Å². The van der Waals surface area contributed by atoms with Crippen molar-refractivity contribution in [3.63, 3.8) is 0 Å². The molecule has 0 radical (unpaired) electrons. The van der Waals surface area contributed by atoms with Crippen LogP contribution in [0, 0.1) is 0 Å². The molecule has 65 heavy (non-hydrogen) atoms. The van der Waals surface area contributed by atoms with Crippen LogP contribution in [0.2, 0.25) is 62.5 Å². The van der Waals surface area contributed by atoms with Gasteiger partial charge in [-0.2, -0.15) is 0 Å². The molecule has 4 unspecified atom stereocenters. The number of fused-ring (bicyclic) bond motifs is 2. The van der Waals surface area contributed by atoms with Crippen molar-refractivity contribution in [2.45, 2.75) is 215 Å². The maximum absolute atomic E-state index is 6.67. The maximum Gasteiger partial charge on any atom is 0.103 e. The van der Waals surface area contributed by atoms with E-state index in [4.69, 9.17) is 9.47 Å². The van der Waals surface area contributed by atoms with Gasteiger partial charge in [0.05, 0.1) is 11.2 Å². The molecule has 0 amide bonds. The number of hydrogen-bond acceptors (Lipinski definition) is 2. The predicted molar refractivity (Wildman–Crippen MR) is 303 cm³/mol. The first-order chi connectivity index (χ1) is 30.1. The molecule has 0 saturated carbocycles. The second-order valence-electron chi connectivity index (χ2n) is 24.0. The van der Waals surface area contributed by atoms with E-state index in [1.165, 1.54) is 64.8 Å². The summed E-state index contributed by atoms with van der Waals surface area (Å²) in [6.45, 7) is 51.7. The van der Waals surface area contributed by atoms with E-state index in [2.05, 4.69) is 211 Å². The van der Waals surface area contributed by atoms with Crippen molar-refractivity contribution in [3.05, 3.63) is 127 Å². The third-order valence-electron chi connectivity index (χ3n) is 15.6. The van der Waals surface area contributed by atoms with Crippen LogP contribution in [0.25, 0.3) is 12.2 Å². The highest BCUT2D eigenvalue weighted by atomic mass is 28.3. The molecule has 6 heteroatoms. The summed E-state index contributed by atoms with van der Waals surface area (Å²) in [6.07, 6.45) is 10.7. The summed E-state index contributed by atoms with van der Waals surface area (Å²) in [6, 6.07) is 21.2. The molecular weight excluding hydrogens is 853 g/mol. The number of ether oxygens (including phenoxy) is 2. The van der Waals surface area contributed by atoms with Gasteiger partial charge in [-0.1, -0.05) is 166 Å².